The lowest BCUT2D eigenvalue weighted by Gasteiger charge is -2.18. The van der Waals surface area contributed by atoms with Crippen molar-refractivity contribution in [1.29, 1.82) is 0 Å². The Morgan fingerprint density at radius 2 is 1.43 bits per heavy atom. The number of ether oxygens (including phenoxy) is 2. The lowest BCUT2D eigenvalue weighted by atomic mass is 9.96. The van der Waals surface area contributed by atoms with Gasteiger partial charge in [-0.1, -0.05) is 12.1 Å². The topological polar surface area (TPSA) is 93.7 Å². The molecule has 7 nitrogen and oxygen atoms in total. The van der Waals surface area contributed by atoms with Crippen molar-refractivity contribution in [3.05, 3.63) is 82.9 Å². The van der Waals surface area contributed by atoms with Crippen LogP contribution in [0.1, 0.15) is 42.1 Å². The van der Waals surface area contributed by atoms with Gasteiger partial charge in [-0.15, -0.1) is 0 Å². The van der Waals surface area contributed by atoms with Gasteiger partial charge < -0.3 is 14.8 Å². The third kappa shape index (κ3) is 6.99. The van der Waals surface area contributed by atoms with Crippen molar-refractivity contribution in [2.75, 3.05) is 17.9 Å². The number of carbonyl (C=O) groups is 1. The maximum atomic E-state index is 12.7. The van der Waals surface area contributed by atoms with Gasteiger partial charge in [0.1, 0.15) is 11.5 Å². The first-order valence-electron chi connectivity index (χ1n) is 11.4. The minimum absolute atomic E-state index is 0.0852. The highest BCUT2D eigenvalue weighted by Crippen LogP contribution is 2.23. The molecule has 0 saturated carbocycles. The van der Waals surface area contributed by atoms with Crippen molar-refractivity contribution in [1.82, 2.24) is 5.32 Å². The molecule has 3 aromatic rings. The number of amides is 1. The number of hydrogen-bond donors (Lipinski definition) is 2. The van der Waals surface area contributed by atoms with E-state index in [0.717, 1.165) is 11.1 Å². The first-order chi connectivity index (χ1) is 16.6. The van der Waals surface area contributed by atoms with Gasteiger partial charge in [-0.3, -0.25) is 9.52 Å². The van der Waals surface area contributed by atoms with Gasteiger partial charge in [-0.25, -0.2) is 8.42 Å². The van der Waals surface area contributed by atoms with Gasteiger partial charge in [0.15, 0.2) is 6.61 Å². The fourth-order valence-electron chi connectivity index (χ4n) is 3.67. The van der Waals surface area contributed by atoms with E-state index in [4.69, 9.17) is 9.47 Å². The van der Waals surface area contributed by atoms with Crippen molar-refractivity contribution in [2.45, 2.75) is 45.6 Å². The summed E-state index contributed by atoms with van der Waals surface area (Å²) < 4.78 is 38.8. The van der Waals surface area contributed by atoms with Crippen molar-refractivity contribution >= 4 is 21.6 Å². The van der Waals surface area contributed by atoms with Crippen LogP contribution >= 0.6 is 0 Å². The Bertz CT molecular complexity index is 1270. The fraction of sp³-hybridized carbons (Fsp3) is 0.296. The molecule has 0 spiro atoms. The van der Waals surface area contributed by atoms with Crippen LogP contribution in [-0.4, -0.2) is 27.5 Å². The first kappa shape index (κ1) is 26.1. The van der Waals surface area contributed by atoms with Crippen LogP contribution < -0.4 is 19.5 Å². The maximum absolute atomic E-state index is 12.7. The zero-order valence-electron chi connectivity index (χ0n) is 20.7. The number of carbonyl (C=O) groups excluding carboxylic acids is 1. The highest BCUT2D eigenvalue weighted by atomic mass is 32.2. The van der Waals surface area contributed by atoms with E-state index in [1.165, 1.54) is 35.4 Å². The van der Waals surface area contributed by atoms with Crippen LogP contribution in [0.3, 0.4) is 0 Å². The highest BCUT2D eigenvalue weighted by molar-refractivity contribution is 7.92. The van der Waals surface area contributed by atoms with E-state index in [1.807, 2.05) is 27.7 Å². The molecule has 8 heteroatoms. The predicted octanol–water partition coefficient (Wildman–Crippen LogP) is 5.07. The van der Waals surface area contributed by atoms with Crippen LogP contribution in [0.2, 0.25) is 0 Å². The van der Waals surface area contributed by atoms with Crippen molar-refractivity contribution in [3.8, 4) is 11.5 Å². The number of benzene rings is 3. The van der Waals surface area contributed by atoms with E-state index in [1.54, 1.807) is 24.3 Å². The summed E-state index contributed by atoms with van der Waals surface area (Å²) in [6.07, 6.45) is 0. The largest absolute Gasteiger partial charge is 0.494 e. The molecule has 0 unspecified atom stereocenters. The van der Waals surface area contributed by atoms with E-state index in [0.29, 0.717) is 23.8 Å². The lowest BCUT2D eigenvalue weighted by molar-refractivity contribution is -0.123. The maximum Gasteiger partial charge on any atom is 0.261 e. The van der Waals surface area contributed by atoms with E-state index >= 15 is 0 Å². The van der Waals surface area contributed by atoms with E-state index in [9.17, 15) is 13.2 Å². The van der Waals surface area contributed by atoms with Gasteiger partial charge in [-0.2, -0.15) is 0 Å². The highest BCUT2D eigenvalue weighted by Gasteiger charge is 2.16. The average Bonchev–Trinajstić information content (AvgIpc) is 2.81. The fourth-order valence-corrected chi connectivity index (χ4v) is 4.73. The van der Waals surface area contributed by atoms with Crippen LogP contribution in [0.15, 0.2) is 65.6 Å². The quantitative estimate of drug-likeness (QED) is 0.409. The first-order valence-corrected chi connectivity index (χ1v) is 12.9. The van der Waals surface area contributed by atoms with Crippen LogP contribution in [-0.2, 0) is 14.8 Å². The minimum Gasteiger partial charge on any atom is -0.494 e. The number of sulfonamides is 1. The number of aryl methyl sites for hydroxylation is 3. The summed E-state index contributed by atoms with van der Waals surface area (Å²) in [6, 6.07) is 16.6. The summed E-state index contributed by atoms with van der Waals surface area (Å²) in [5, 5.41) is 2.95. The molecule has 0 bridgehead atoms. The smallest absolute Gasteiger partial charge is 0.261 e. The molecule has 0 radical (unpaired) electrons. The minimum atomic E-state index is -3.77. The summed E-state index contributed by atoms with van der Waals surface area (Å²) in [6.45, 7) is 10.3. The molecule has 3 rings (SSSR count). The Kier molecular flexibility index (Phi) is 8.40. The molecule has 0 fully saturated rings. The molecule has 0 aliphatic rings. The summed E-state index contributed by atoms with van der Waals surface area (Å²) in [4.78, 5) is 12.5. The molecule has 35 heavy (non-hydrogen) atoms. The second-order valence-corrected chi connectivity index (χ2v) is 10.1. The number of rotatable bonds is 10. The molecule has 0 aliphatic heterocycles. The number of hydrogen-bond acceptors (Lipinski definition) is 5. The molecule has 0 saturated heterocycles. The predicted molar refractivity (Wildman–Crippen MR) is 138 cm³/mol. The Morgan fingerprint density at radius 1 is 0.857 bits per heavy atom. The molecule has 0 aliphatic carbocycles. The molecule has 1 amide bonds. The van der Waals surface area contributed by atoms with Gasteiger partial charge in [-0.05, 0) is 105 Å². The molecule has 0 heterocycles. The third-order valence-corrected chi connectivity index (χ3v) is 7.05. The Morgan fingerprint density at radius 3 is 2.06 bits per heavy atom. The Hall–Kier alpha value is -3.52. The molecule has 186 valence electrons. The van der Waals surface area contributed by atoms with Gasteiger partial charge in [0, 0.05) is 5.69 Å². The molecular weight excluding hydrogens is 464 g/mol. The standard InChI is InChI=1S/C27H32N2O5S/c1-6-33-23-9-7-22(8-10-23)29-35(31,32)25-13-11-24(12-14-25)34-17-27(30)28-21(5)26-16-19(3)18(2)15-20(26)4/h7-16,21,29H,6,17H2,1-5H3,(H,28,30)/t21-/m1/s1. The lowest BCUT2D eigenvalue weighted by Crippen LogP contribution is -2.31. The third-order valence-electron chi connectivity index (χ3n) is 5.65. The second kappa shape index (κ2) is 11.3. The van der Waals surface area contributed by atoms with E-state index in [-0.39, 0.29) is 23.5 Å². The van der Waals surface area contributed by atoms with Gasteiger partial charge >= 0.3 is 0 Å². The van der Waals surface area contributed by atoms with E-state index in [2.05, 4.69) is 29.1 Å². The normalized spacial score (nSPS) is 12.0. The molecule has 1 atom stereocenters. The van der Waals surface area contributed by atoms with Gasteiger partial charge in [0.05, 0.1) is 17.5 Å². The SMILES string of the molecule is CCOc1ccc(NS(=O)(=O)c2ccc(OCC(=O)N[C@H](C)c3cc(C)c(C)cc3C)cc2)cc1. The molecule has 2 N–H and O–H groups in total. The van der Waals surface area contributed by atoms with Crippen LogP contribution in [0, 0.1) is 20.8 Å². The van der Waals surface area contributed by atoms with Crippen LogP contribution in [0.25, 0.3) is 0 Å². The van der Waals surface area contributed by atoms with Crippen LogP contribution in [0.5, 0.6) is 11.5 Å². The average molecular weight is 497 g/mol. The van der Waals surface area contributed by atoms with Crippen molar-refractivity contribution in [3.63, 3.8) is 0 Å². The van der Waals surface area contributed by atoms with Crippen LogP contribution in [0.4, 0.5) is 5.69 Å². The summed E-state index contributed by atoms with van der Waals surface area (Å²) in [5.74, 6) is 0.804. The van der Waals surface area contributed by atoms with Crippen molar-refractivity contribution < 1.29 is 22.7 Å². The summed E-state index contributed by atoms with van der Waals surface area (Å²) in [5.41, 5.74) is 5.01. The zero-order valence-corrected chi connectivity index (χ0v) is 21.5. The Balaban J connectivity index is 1.56. The van der Waals surface area contributed by atoms with Gasteiger partial charge in [0.25, 0.3) is 15.9 Å². The monoisotopic (exact) mass is 496 g/mol. The van der Waals surface area contributed by atoms with Gasteiger partial charge in [0.2, 0.25) is 0 Å². The zero-order chi connectivity index (χ0) is 25.6. The van der Waals surface area contributed by atoms with E-state index < -0.39 is 10.0 Å². The van der Waals surface area contributed by atoms with Crippen molar-refractivity contribution in [2.24, 2.45) is 0 Å². The second-order valence-electron chi connectivity index (χ2n) is 8.41. The molecule has 0 aromatic heterocycles. The Labute approximate surface area is 207 Å². The summed E-state index contributed by atoms with van der Waals surface area (Å²) in [7, 11) is -3.77. The number of anilines is 1. The molecular formula is C27H32N2O5S. The summed E-state index contributed by atoms with van der Waals surface area (Å²) >= 11 is 0. The molecule has 3 aromatic carbocycles. The number of nitrogens with one attached hydrogen (secondary N) is 2.